The Labute approximate surface area is 109 Å². The highest BCUT2D eigenvalue weighted by atomic mass is 16.5. The molecule has 18 heavy (non-hydrogen) atoms. The highest BCUT2D eigenvalue weighted by Crippen LogP contribution is 2.08. The number of carbonyl (C=O) groups is 1. The molecule has 0 aliphatic rings. The molecule has 0 aromatic carbocycles. The average molecular weight is 253 g/mol. The molecule has 1 aromatic heterocycles. The molecule has 0 aliphatic heterocycles. The Morgan fingerprint density at radius 1 is 1.50 bits per heavy atom. The van der Waals surface area contributed by atoms with E-state index in [-0.39, 0.29) is 11.3 Å². The number of rotatable bonds is 7. The summed E-state index contributed by atoms with van der Waals surface area (Å²) in [6, 6.07) is 3.27. The minimum Gasteiger partial charge on any atom is -0.458 e. The van der Waals surface area contributed by atoms with E-state index < -0.39 is 5.97 Å². The Morgan fingerprint density at radius 3 is 2.78 bits per heavy atom. The molecule has 1 heterocycles. The van der Waals surface area contributed by atoms with Crippen molar-refractivity contribution in [1.82, 2.24) is 5.32 Å². The number of furan rings is 1. The first-order valence-corrected chi connectivity index (χ1v) is 6.36. The third-order valence-electron chi connectivity index (χ3n) is 2.61. The van der Waals surface area contributed by atoms with E-state index >= 15 is 0 Å². The maximum absolute atomic E-state index is 11.6. The van der Waals surface area contributed by atoms with Gasteiger partial charge in [-0.25, -0.2) is 4.79 Å². The normalized spacial score (nSPS) is 11.8. The Bertz CT molecular complexity index is 355. The second kappa shape index (κ2) is 6.59. The van der Waals surface area contributed by atoms with Crippen LogP contribution in [0.25, 0.3) is 0 Å². The second-order valence-corrected chi connectivity index (χ2v) is 5.55. The van der Waals surface area contributed by atoms with Gasteiger partial charge in [0.15, 0.2) is 0 Å². The van der Waals surface area contributed by atoms with E-state index in [1.807, 2.05) is 13.8 Å². The van der Waals surface area contributed by atoms with Crippen LogP contribution in [0, 0.1) is 5.92 Å². The summed E-state index contributed by atoms with van der Waals surface area (Å²) in [6.07, 6.45) is 2.57. The van der Waals surface area contributed by atoms with Crippen LogP contribution in [0.15, 0.2) is 22.8 Å². The third-order valence-corrected chi connectivity index (χ3v) is 2.61. The lowest BCUT2D eigenvalue weighted by Crippen LogP contribution is -2.44. The molecule has 1 aromatic rings. The molecule has 1 rings (SSSR count). The number of hydrogen-bond acceptors (Lipinski definition) is 4. The zero-order valence-corrected chi connectivity index (χ0v) is 11.7. The molecule has 0 radical (unpaired) electrons. The molecule has 102 valence electrons. The molecule has 0 saturated heterocycles. The predicted octanol–water partition coefficient (Wildman–Crippen LogP) is 2.85. The van der Waals surface area contributed by atoms with Gasteiger partial charge in [0.05, 0.1) is 6.26 Å². The third kappa shape index (κ3) is 5.36. The molecule has 0 unspecified atom stereocenters. The molecular weight excluding hydrogens is 230 g/mol. The van der Waals surface area contributed by atoms with Gasteiger partial charge in [0.2, 0.25) is 5.76 Å². The van der Waals surface area contributed by atoms with Crippen LogP contribution in [0.4, 0.5) is 0 Å². The summed E-state index contributed by atoms with van der Waals surface area (Å²) in [5.74, 6) is 0.491. The Kier molecular flexibility index (Phi) is 5.41. The van der Waals surface area contributed by atoms with E-state index in [1.165, 1.54) is 6.26 Å². The minimum atomic E-state index is -0.418. The average Bonchev–Trinajstić information content (AvgIpc) is 2.78. The molecule has 0 bridgehead atoms. The first kappa shape index (κ1) is 14.8. The lowest BCUT2D eigenvalue weighted by molar-refractivity contribution is 0.0364. The fraction of sp³-hybridized carbons (Fsp3) is 0.643. The number of hydrogen-bond donors (Lipinski definition) is 1. The molecule has 1 N–H and O–H groups in total. The van der Waals surface area contributed by atoms with Gasteiger partial charge in [0, 0.05) is 5.54 Å². The zero-order chi connectivity index (χ0) is 13.6. The van der Waals surface area contributed by atoms with Crippen LogP contribution >= 0.6 is 0 Å². The minimum absolute atomic E-state index is 0.225. The molecular formula is C14H23NO3. The molecule has 0 spiro atoms. The fourth-order valence-electron chi connectivity index (χ4n) is 1.46. The summed E-state index contributed by atoms with van der Waals surface area (Å²) in [6.45, 7) is 9.65. The van der Waals surface area contributed by atoms with Gasteiger partial charge in [0.25, 0.3) is 0 Å². The summed E-state index contributed by atoms with van der Waals surface area (Å²) in [7, 11) is 0. The van der Waals surface area contributed by atoms with Crippen LogP contribution < -0.4 is 5.32 Å². The topological polar surface area (TPSA) is 51.5 Å². The zero-order valence-electron chi connectivity index (χ0n) is 11.7. The van der Waals surface area contributed by atoms with E-state index in [0.29, 0.717) is 12.5 Å². The van der Waals surface area contributed by atoms with Gasteiger partial charge in [-0.15, -0.1) is 0 Å². The summed E-state index contributed by atoms with van der Waals surface area (Å²) in [4.78, 5) is 11.6. The second-order valence-electron chi connectivity index (χ2n) is 5.55. The van der Waals surface area contributed by atoms with E-state index in [4.69, 9.17) is 9.15 Å². The van der Waals surface area contributed by atoms with Crippen molar-refractivity contribution in [2.75, 3.05) is 13.2 Å². The van der Waals surface area contributed by atoms with Crippen LogP contribution in [0.2, 0.25) is 0 Å². The molecule has 0 atom stereocenters. The quantitative estimate of drug-likeness (QED) is 0.759. The van der Waals surface area contributed by atoms with Gasteiger partial charge in [0.1, 0.15) is 6.61 Å². The van der Waals surface area contributed by atoms with Crippen molar-refractivity contribution in [3.8, 4) is 0 Å². The van der Waals surface area contributed by atoms with E-state index in [9.17, 15) is 4.79 Å². The fourth-order valence-corrected chi connectivity index (χ4v) is 1.46. The molecule has 0 saturated carbocycles. The van der Waals surface area contributed by atoms with Gasteiger partial charge in [-0.3, -0.25) is 0 Å². The van der Waals surface area contributed by atoms with Crippen molar-refractivity contribution in [3.63, 3.8) is 0 Å². The maximum Gasteiger partial charge on any atom is 0.374 e. The molecule has 4 nitrogen and oxygen atoms in total. The summed E-state index contributed by atoms with van der Waals surface area (Å²) < 4.78 is 10.2. The van der Waals surface area contributed by atoms with Crippen molar-refractivity contribution < 1.29 is 13.9 Å². The Hall–Kier alpha value is -1.29. The molecule has 4 heteroatoms. The van der Waals surface area contributed by atoms with Crippen molar-refractivity contribution in [1.29, 1.82) is 0 Å². The lowest BCUT2D eigenvalue weighted by atomic mass is 10.1. The van der Waals surface area contributed by atoms with Crippen molar-refractivity contribution in [3.05, 3.63) is 24.2 Å². The van der Waals surface area contributed by atoms with Crippen LogP contribution in [-0.4, -0.2) is 24.7 Å². The Balaban J connectivity index is 2.30. The van der Waals surface area contributed by atoms with Gasteiger partial charge in [-0.2, -0.15) is 0 Å². The van der Waals surface area contributed by atoms with Crippen molar-refractivity contribution in [2.45, 2.75) is 39.7 Å². The van der Waals surface area contributed by atoms with Gasteiger partial charge in [-0.1, -0.05) is 13.8 Å². The number of ether oxygens (including phenoxy) is 1. The van der Waals surface area contributed by atoms with E-state index in [2.05, 4.69) is 19.2 Å². The van der Waals surface area contributed by atoms with Gasteiger partial charge >= 0.3 is 5.97 Å². The molecule has 0 amide bonds. The van der Waals surface area contributed by atoms with Gasteiger partial charge in [-0.05, 0) is 44.9 Å². The summed E-state index contributed by atoms with van der Waals surface area (Å²) >= 11 is 0. The lowest BCUT2D eigenvalue weighted by Gasteiger charge is -2.26. The largest absolute Gasteiger partial charge is 0.458 e. The Morgan fingerprint density at radius 2 is 2.22 bits per heavy atom. The summed E-state index contributed by atoms with van der Waals surface area (Å²) in [5, 5.41) is 3.38. The highest BCUT2D eigenvalue weighted by Gasteiger charge is 2.20. The van der Waals surface area contributed by atoms with Gasteiger partial charge < -0.3 is 14.5 Å². The molecule has 0 aliphatic carbocycles. The van der Waals surface area contributed by atoms with E-state index in [0.717, 1.165) is 13.0 Å². The smallest absolute Gasteiger partial charge is 0.374 e. The predicted molar refractivity (Wildman–Crippen MR) is 70.5 cm³/mol. The van der Waals surface area contributed by atoms with Crippen LogP contribution in [0.3, 0.4) is 0 Å². The molecule has 0 fully saturated rings. The standard InChI is InChI=1S/C14H23NO3/c1-11(2)7-8-15-14(3,4)10-18-13(16)12-6-5-9-17-12/h5-6,9,11,15H,7-8,10H2,1-4H3. The monoisotopic (exact) mass is 253 g/mol. The van der Waals surface area contributed by atoms with Crippen molar-refractivity contribution >= 4 is 5.97 Å². The highest BCUT2D eigenvalue weighted by molar-refractivity contribution is 5.86. The van der Waals surface area contributed by atoms with Crippen LogP contribution in [0.1, 0.15) is 44.7 Å². The van der Waals surface area contributed by atoms with Crippen LogP contribution in [-0.2, 0) is 4.74 Å². The number of esters is 1. The van der Waals surface area contributed by atoms with Crippen molar-refractivity contribution in [2.24, 2.45) is 5.92 Å². The first-order chi connectivity index (χ1) is 8.41. The number of carbonyl (C=O) groups excluding carboxylic acids is 1. The maximum atomic E-state index is 11.6. The summed E-state index contributed by atoms with van der Waals surface area (Å²) in [5.41, 5.74) is -0.225. The number of nitrogens with one attached hydrogen (secondary N) is 1. The SMILES string of the molecule is CC(C)CCNC(C)(C)COC(=O)c1ccco1. The van der Waals surface area contributed by atoms with Crippen LogP contribution in [0.5, 0.6) is 0 Å². The van der Waals surface area contributed by atoms with E-state index in [1.54, 1.807) is 12.1 Å². The first-order valence-electron chi connectivity index (χ1n) is 6.36.